The van der Waals surface area contributed by atoms with Gasteiger partial charge in [0.2, 0.25) is 0 Å². The van der Waals surface area contributed by atoms with Gasteiger partial charge in [-0.2, -0.15) is 5.26 Å². The molecule has 0 aliphatic carbocycles. The Morgan fingerprint density at radius 2 is 2.36 bits per heavy atom. The van der Waals surface area contributed by atoms with E-state index in [0.717, 1.165) is 5.56 Å². The number of nitrogens with zero attached hydrogens (tertiary/aromatic N) is 3. The molecule has 1 aromatic heterocycles. The third-order valence-corrected chi connectivity index (χ3v) is 1.68. The van der Waals surface area contributed by atoms with Crippen molar-refractivity contribution < 1.29 is 4.74 Å². The lowest BCUT2D eigenvalue weighted by molar-refractivity contribution is 0.297. The Hall–Kier alpha value is -1.89. The molecule has 0 saturated carbocycles. The van der Waals surface area contributed by atoms with Crippen LogP contribution in [0.5, 0.6) is 0 Å². The van der Waals surface area contributed by atoms with Crippen LogP contribution >= 0.6 is 0 Å². The van der Waals surface area contributed by atoms with Gasteiger partial charge in [-0.3, -0.25) is 0 Å². The van der Waals surface area contributed by atoms with Crippen LogP contribution < -0.4 is 0 Å². The highest BCUT2D eigenvalue weighted by Crippen LogP contribution is 2.14. The first kappa shape index (κ1) is 10.2. The minimum atomic E-state index is 0.301. The number of nitriles is 1. The van der Waals surface area contributed by atoms with Crippen molar-refractivity contribution in [1.29, 1.82) is 5.26 Å². The highest BCUT2D eigenvalue weighted by molar-refractivity contribution is 5.56. The van der Waals surface area contributed by atoms with Crippen molar-refractivity contribution in [2.75, 3.05) is 6.61 Å². The van der Waals surface area contributed by atoms with Crippen molar-refractivity contribution in [3.05, 3.63) is 29.6 Å². The monoisotopic (exact) mass is 189 g/mol. The van der Waals surface area contributed by atoms with Crippen LogP contribution in [-0.2, 0) is 4.74 Å². The van der Waals surface area contributed by atoms with Gasteiger partial charge in [0.1, 0.15) is 17.5 Å². The first-order valence-corrected chi connectivity index (χ1v) is 4.25. The fourth-order valence-corrected chi connectivity index (χ4v) is 1.06. The van der Waals surface area contributed by atoms with E-state index in [4.69, 9.17) is 10.00 Å². The Bertz CT molecular complexity index is 393. The molecule has 0 aliphatic heterocycles. The Morgan fingerprint density at radius 3 is 2.86 bits per heavy atom. The maximum atomic E-state index is 8.59. The maximum absolute atomic E-state index is 8.59. The summed E-state index contributed by atoms with van der Waals surface area (Å²) in [5.41, 5.74) is 1.75. The summed E-state index contributed by atoms with van der Waals surface area (Å²) in [6.07, 6.45) is 0. The van der Waals surface area contributed by atoms with E-state index >= 15 is 0 Å². The first-order valence-electron chi connectivity index (χ1n) is 4.25. The largest absolute Gasteiger partial charge is 0.492 e. The normalized spacial score (nSPS) is 9.21. The third-order valence-electron chi connectivity index (χ3n) is 1.68. The molecule has 4 nitrogen and oxygen atoms in total. The number of aromatic nitrogens is 2. The fraction of sp³-hybridized carbons (Fsp3) is 0.300. The summed E-state index contributed by atoms with van der Waals surface area (Å²) in [5.74, 6) is 0.488. The Morgan fingerprint density at radius 1 is 1.64 bits per heavy atom. The smallest absolute Gasteiger partial charge is 0.163 e. The van der Waals surface area contributed by atoms with Crippen LogP contribution in [0.4, 0.5) is 0 Å². The molecule has 14 heavy (non-hydrogen) atoms. The number of rotatable bonds is 3. The molecule has 0 aliphatic rings. The SMILES string of the molecule is C=C(OCC)c1nnc(C#N)cc1C. The van der Waals surface area contributed by atoms with Crippen LogP contribution in [0.2, 0.25) is 0 Å². The molecule has 0 aromatic carbocycles. The lowest BCUT2D eigenvalue weighted by atomic mass is 10.2. The van der Waals surface area contributed by atoms with Crippen molar-refractivity contribution in [2.24, 2.45) is 0 Å². The van der Waals surface area contributed by atoms with Gasteiger partial charge in [0.15, 0.2) is 5.69 Å². The van der Waals surface area contributed by atoms with Gasteiger partial charge in [-0.15, -0.1) is 10.2 Å². The zero-order chi connectivity index (χ0) is 10.6. The summed E-state index contributed by atoms with van der Waals surface area (Å²) in [5, 5.41) is 16.2. The molecule has 4 heteroatoms. The van der Waals surface area contributed by atoms with E-state index in [9.17, 15) is 0 Å². The van der Waals surface area contributed by atoms with Gasteiger partial charge >= 0.3 is 0 Å². The summed E-state index contributed by atoms with van der Waals surface area (Å²) >= 11 is 0. The molecule has 0 bridgehead atoms. The third kappa shape index (κ3) is 2.07. The van der Waals surface area contributed by atoms with Gasteiger partial charge in [0.25, 0.3) is 0 Å². The Balaban J connectivity index is 3.01. The van der Waals surface area contributed by atoms with Crippen LogP contribution in [0.1, 0.15) is 23.9 Å². The van der Waals surface area contributed by atoms with Crippen molar-refractivity contribution in [3.8, 4) is 6.07 Å². The highest BCUT2D eigenvalue weighted by Gasteiger charge is 2.07. The van der Waals surface area contributed by atoms with Crippen LogP contribution in [0.15, 0.2) is 12.6 Å². The van der Waals surface area contributed by atoms with Gasteiger partial charge in [0, 0.05) is 0 Å². The molecular formula is C10H11N3O. The molecule has 0 spiro atoms. The molecule has 1 aromatic rings. The summed E-state index contributed by atoms with van der Waals surface area (Å²) < 4.78 is 5.20. The first-order chi connectivity index (χ1) is 6.69. The summed E-state index contributed by atoms with van der Waals surface area (Å²) in [6, 6.07) is 3.58. The molecule has 0 unspecified atom stereocenters. The zero-order valence-corrected chi connectivity index (χ0v) is 8.24. The summed E-state index contributed by atoms with van der Waals surface area (Å²) in [6.45, 7) is 7.98. The van der Waals surface area contributed by atoms with E-state index in [1.54, 1.807) is 6.07 Å². The van der Waals surface area contributed by atoms with E-state index in [2.05, 4.69) is 16.8 Å². The molecule has 72 valence electrons. The van der Waals surface area contributed by atoms with Gasteiger partial charge in [-0.1, -0.05) is 6.58 Å². The quantitative estimate of drug-likeness (QED) is 0.678. The van der Waals surface area contributed by atoms with Crippen molar-refractivity contribution in [1.82, 2.24) is 10.2 Å². The molecule has 0 radical (unpaired) electrons. The molecule has 0 fully saturated rings. The fourth-order valence-electron chi connectivity index (χ4n) is 1.06. The number of hydrogen-bond donors (Lipinski definition) is 0. The average Bonchev–Trinajstić information content (AvgIpc) is 2.17. The Kier molecular flexibility index (Phi) is 3.19. The van der Waals surface area contributed by atoms with Gasteiger partial charge in [-0.25, -0.2) is 0 Å². The Labute approximate surface area is 82.8 Å². The number of hydrogen-bond acceptors (Lipinski definition) is 4. The molecule has 1 rings (SSSR count). The van der Waals surface area contributed by atoms with Gasteiger partial charge < -0.3 is 4.74 Å². The average molecular weight is 189 g/mol. The lowest BCUT2D eigenvalue weighted by Gasteiger charge is -2.07. The molecule has 0 atom stereocenters. The predicted octanol–water partition coefficient (Wildman–Crippen LogP) is 1.66. The topological polar surface area (TPSA) is 58.8 Å². The van der Waals surface area contributed by atoms with E-state index < -0.39 is 0 Å². The van der Waals surface area contributed by atoms with E-state index in [1.165, 1.54) is 0 Å². The van der Waals surface area contributed by atoms with E-state index in [-0.39, 0.29) is 0 Å². The minimum absolute atomic E-state index is 0.301. The number of ether oxygens (including phenoxy) is 1. The lowest BCUT2D eigenvalue weighted by Crippen LogP contribution is -2.00. The van der Waals surface area contributed by atoms with Crippen LogP contribution in [0, 0.1) is 18.3 Å². The second kappa shape index (κ2) is 4.38. The second-order valence-corrected chi connectivity index (χ2v) is 2.73. The summed E-state index contributed by atoms with van der Waals surface area (Å²) in [4.78, 5) is 0. The molecule has 0 saturated heterocycles. The second-order valence-electron chi connectivity index (χ2n) is 2.73. The maximum Gasteiger partial charge on any atom is 0.163 e. The zero-order valence-electron chi connectivity index (χ0n) is 8.24. The van der Waals surface area contributed by atoms with Crippen molar-refractivity contribution >= 4 is 5.76 Å². The van der Waals surface area contributed by atoms with E-state index in [0.29, 0.717) is 23.8 Å². The van der Waals surface area contributed by atoms with Crippen LogP contribution in [0.25, 0.3) is 5.76 Å². The molecule has 0 N–H and O–H groups in total. The van der Waals surface area contributed by atoms with Gasteiger partial charge in [0.05, 0.1) is 6.61 Å². The standard InChI is InChI=1S/C10H11N3O/c1-4-14-8(3)10-7(2)5-9(6-11)12-13-10/h5H,3-4H2,1-2H3. The molecule has 0 amide bonds. The molecular weight excluding hydrogens is 178 g/mol. The van der Waals surface area contributed by atoms with Crippen LogP contribution in [0.3, 0.4) is 0 Å². The summed E-state index contributed by atoms with van der Waals surface area (Å²) in [7, 11) is 0. The number of aryl methyl sites for hydroxylation is 1. The predicted molar refractivity (Wildman–Crippen MR) is 52.1 cm³/mol. The van der Waals surface area contributed by atoms with E-state index in [1.807, 2.05) is 19.9 Å². The van der Waals surface area contributed by atoms with Crippen molar-refractivity contribution in [3.63, 3.8) is 0 Å². The van der Waals surface area contributed by atoms with Crippen LogP contribution in [-0.4, -0.2) is 16.8 Å². The van der Waals surface area contributed by atoms with Crippen molar-refractivity contribution in [2.45, 2.75) is 13.8 Å². The minimum Gasteiger partial charge on any atom is -0.492 e. The molecule has 1 heterocycles. The highest BCUT2D eigenvalue weighted by atomic mass is 16.5. The van der Waals surface area contributed by atoms with Gasteiger partial charge in [-0.05, 0) is 25.5 Å².